The fraction of sp³-hybridized carbons (Fsp3) is 0.619. The summed E-state index contributed by atoms with van der Waals surface area (Å²) in [4.78, 5) is 26.0. The summed E-state index contributed by atoms with van der Waals surface area (Å²) in [5.41, 5.74) is 0.921. The standard InChI is InChI=1S/C21H28FNO3/c1-3-4-11-26-18-10-9-17-13-23(21(25)19(17)20(18)22)12-15-5-7-16(8-6-15)14(2)24/h9-10,15-16H,3-8,11-13H2,1-2H3/t15-,16-. The van der Waals surface area contributed by atoms with Crippen molar-refractivity contribution in [3.63, 3.8) is 0 Å². The second-order valence-corrected chi connectivity index (χ2v) is 7.63. The van der Waals surface area contributed by atoms with Gasteiger partial charge >= 0.3 is 0 Å². The quantitative estimate of drug-likeness (QED) is 0.678. The normalized spacial score (nSPS) is 22.4. The van der Waals surface area contributed by atoms with Crippen LogP contribution in [0.15, 0.2) is 12.1 Å². The molecule has 1 aliphatic carbocycles. The maximum Gasteiger partial charge on any atom is 0.257 e. The van der Waals surface area contributed by atoms with Crippen molar-refractivity contribution in [1.29, 1.82) is 0 Å². The molecule has 1 aromatic carbocycles. The second kappa shape index (κ2) is 8.19. The van der Waals surface area contributed by atoms with Crippen LogP contribution in [-0.4, -0.2) is 29.7 Å². The summed E-state index contributed by atoms with van der Waals surface area (Å²) in [5.74, 6) is 0.267. The molecule has 0 aromatic heterocycles. The van der Waals surface area contributed by atoms with Crippen LogP contribution in [0, 0.1) is 17.7 Å². The molecule has 142 valence electrons. The molecule has 0 spiro atoms. The highest BCUT2D eigenvalue weighted by molar-refractivity contribution is 5.99. The van der Waals surface area contributed by atoms with Gasteiger partial charge in [-0.3, -0.25) is 9.59 Å². The Hall–Kier alpha value is -1.91. The summed E-state index contributed by atoms with van der Waals surface area (Å²) in [5, 5.41) is 0. The van der Waals surface area contributed by atoms with E-state index in [2.05, 4.69) is 0 Å². The summed E-state index contributed by atoms with van der Waals surface area (Å²) < 4.78 is 20.2. The highest BCUT2D eigenvalue weighted by Crippen LogP contribution is 2.34. The number of nitrogens with zero attached hydrogens (tertiary/aromatic N) is 1. The zero-order valence-corrected chi connectivity index (χ0v) is 15.7. The number of benzene rings is 1. The van der Waals surface area contributed by atoms with Crippen LogP contribution >= 0.6 is 0 Å². The lowest BCUT2D eigenvalue weighted by atomic mass is 9.80. The molecular weight excluding hydrogens is 333 g/mol. The summed E-state index contributed by atoms with van der Waals surface area (Å²) in [6.45, 7) is 5.28. The first kappa shape index (κ1) is 18.9. The first-order valence-corrected chi connectivity index (χ1v) is 9.75. The lowest BCUT2D eigenvalue weighted by Crippen LogP contribution is -2.32. The molecule has 1 aliphatic heterocycles. The van der Waals surface area contributed by atoms with E-state index in [1.165, 1.54) is 0 Å². The van der Waals surface area contributed by atoms with E-state index < -0.39 is 5.82 Å². The number of ketones is 1. The zero-order valence-electron chi connectivity index (χ0n) is 15.7. The molecular formula is C21H28FNO3. The van der Waals surface area contributed by atoms with Crippen molar-refractivity contribution in [3.8, 4) is 5.75 Å². The Bertz CT molecular complexity index is 680. The van der Waals surface area contributed by atoms with Crippen molar-refractivity contribution in [2.75, 3.05) is 13.2 Å². The van der Waals surface area contributed by atoms with Gasteiger partial charge in [-0.25, -0.2) is 4.39 Å². The Morgan fingerprint density at radius 2 is 2.00 bits per heavy atom. The van der Waals surface area contributed by atoms with Crippen LogP contribution in [0.3, 0.4) is 0 Å². The monoisotopic (exact) mass is 361 g/mol. The Morgan fingerprint density at radius 3 is 2.65 bits per heavy atom. The van der Waals surface area contributed by atoms with Gasteiger partial charge in [-0.2, -0.15) is 0 Å². The molecule has 3 rings (SSSR count). The molecule has 1 saturated carbocycles. The summed E-state index contributed by atoms with van der Waals surface area (Å²) >= 11 is 0. The minimum atomic E-state index is -0.522. The van der Waals surface area contributed by atoms with Crippen LogP contribution in [0.2, 0.25) is 0 Å². The van der Waals surface area contributed by atoms with E-state index >= 15 is 0 Å². The molecule has 0 atom stereocenters. The summed E-state index contributed by atoms with van der Waals surface area (Å²) in [7, 11) is 0. The molecule has 0 saturated heterocycles. The van der Waals surface area contributed by atoms with E-state index in [-0.39, 0.29) is 28.9 Å². The fourth-order valence-electron chi connectivity index (χ4n) is 4.04. The van der Waals surface area contributed by atoms with Crippen molar-refractivity contribution < 1.29 is 18.7 Å². The number of Topliss-reactive ketones (excluding diaryl/α,β-unsaturated/α-hetero) is 1. The van der Waals surface area contributed by atoms with Gasteiger partial charge in [-0.15, -0.1) is 0 Å². The number of hydrogen-bond donors (Lipinski definition) is 0. The predicted molar refractivity (Wildman–Crippen MR) is 97.7 cm³/mol. The van der Waals surface area contributed by atoms with E-state index in [1.54, 1.807) is 17.9 Å². The average Bonchev–Trinajstić information content (AvgIpc) is 2.94. The van der Waals surface area contributed by atoms with Crippen molar-refractivity contribution in [2.24, 2.45) is 11.8 Å². The van der Waals surface area contributed by atoms with Crippen LogP contribution in [0.25, 0.3) is 0 Å². The number of amides is 1. The van der Waals surface area contributed by atoms with Gasteiger partial charge in [-0.05, 0) is 56.6 Å². The van der Waals surface area contributed by atoms with Gasteiger partial charge in [0.05, 0.1) is 12.2 Å². The van der Waals surface area contributed by atoms with Crippen LogP contribution in [0.1, 0.15) is 68.3 Å². The van der Waals surface area contributed by atoms with Crippen LogP contribution in [-0.2, 0) is 11.3 Å². The number of carbonyl (C=O) groups excluding carboxylic acids is 2. The highest BCUT2D eigenvalue weighted by Gasteiger charge is 2.34. The number of unbranched alkanes of at least 4 members (excludes halogenated alkanes) is 1. The van der Waals surface area contributed by atoms with E-state index in [4.69, 9.17) is 4.74 Å². The van der Waals surface area contributed by atoms with Crippen molar-refractivity contribution in [3.05, 3.63) is 29.1 Å². The van der Waals surface area contributed by atoms with Gasteiger partial charge in [0, 0.05) is 19.0 Å². The topological polar surface area (TPSA) is 46.6 Å². The molecule has 4 nitrogen and oxygen atoms in total. The molecule has 2 aliphatic rings. The van der Waals surface area contributed by atoms with Crippen LogP contribution in [0.4, 0.5) is 4.39 Å². The third-order valence-corrected chi connectivity index (χ3v) is 5.71. The highest BCUT2D eigenvalue weighted by atomic mass is 19.1. The zero-order chi connectivity index (χ0) is 18.7. The first-order chi connectivity index (χ1) is 12.5. The number of hydrogen-bond acceptors (Lipinski definition) is 3. The molecule has 26 heavy (non-hydrogen) atoms. The molecule has 1 aromatic rings. The number of halogens is 1. The van der Waals surface area contributed by atoms with Gasteiger partial charge in [0.25, 0.3) is 5.91 Å². The van der Waals surface area contributed by atoms with E-state index in [1.807, 2.05) is 13.0 Å². The van der Waals surface area contributed by atoms with Crippen molar-refractivity contribution in [1.82, 2.24) is 4.90 Å². The lowest BCUT2D eigenvalue weighted by Gasteiger charge is -2.30. The average molecular weight is 361 g/mol. The predicted octanol–water partition coefficient (Wildman–Crippen LogP) is 4.36. The first-order valence-electron chi connectivity index (χ1n) is 9.75. The smallest absolute Gasteiger partial charge is 0.257 e. The van der Waals surface area contributed by atoms with Crippen LogP contribution in [0.5, 0.6) is 5.75 Å². The largest absolute Gasteiger partial charge is 0.490 e. The number of carbonyl (C=O) groups is 2. The molecule has 1 amide bonds. The van der Waals surface area contributed by atoms with E-state index in [0.717, 1.165) is 44.1 Å². The van der Waals surface area contributed by atoms with Gasteiger partial charge in [-0.1, -0.05) is 19.4 Å². The fourth-order valence-corrected chi connectivity index (χ4v) is 4.04. The summed E-state index contributed by atoms with van der Waals surface area (Å²) in [6.07, 6.45) is 5.55. The van der Waals surface area contributed by atoms with Gasteiger partial charge < -0.3 is 9.64 Å². The van der Waals surface area contributed by atoms with Crippen molar-refractivity contribution in [2.45, 2.75) is 58.9 Å². The lowest BCUT2D eigenvalue weighted by molar-refractivity contribution is -0.121. The molecule has 0 bridgehead atoms. The Balaban J connectivity index is 1.63. The Labute approximate surface area is 154 Å². The van der Waals surface area contributed by atoms with Crippen molar-refractivity contribution >= 4 is 11.7 Å². The molecule has 1 heterocycles. The molecule has 0 unspecified atom stereocenters. The third kappa shape index (κ3) is 3.92. The maximum atomic E-state index is 14.7. The molecule has 0 N–H and O–H groups in total. The third-order valence-electron chi connectivity index (χ3n) is 5.71. The minimum Gasteiger partial charge on any atom is -0.490 e. The van der Waals surface area contributed by atoms with Gasteiger partial charge in [0.1, 0.15) is 5.78 Å². The van der Waals surface area contributed by atoms with E-state index in [0.29, 0.717) is 25.6 Å². The molecule has 1 fully saturated rings. The Kier molecular flexibility index (Phi) is 5.94. The van der Waals surface area contributed by atoms with Crippen LogP contribution < -0.4 is 4.74 Å². The van der Waals surface area contributed by atoms with Gasteiger partial charge in [0.15, 0.2) is 11.6 Å². The number of ether oxygens (including phenoxy) is 1. The Morgan fingerprint density at radius 1 is 1.27 bits per heavy atom. The molecule has 0 radical (unpaired) electrons. The summed E-state index contributed by atoms with van der Waals surface area (Å²) in [6, 6.07) is 3.45. The van der Waals surface area contributed by atoms with Gasteiger partial charge in [0.2, 0.25) is 0 Å². The number of fused-ring (bicyclic) bond motifs is 1. The SMILES string of the molecule is CCCCOc1ccc2c(c1F)C(=O)N(C[C@H]1CC[C@H](C(C)=O)CC1)C2. The minimum absolute atomic E-state index is 0.175. The maximum absolute atomic E-state index is 14.7. The van der Waals surface area contributed by atoms with E-state index in [9.17, 15) is 14.0 Å². The number of rotatable bonds is 7. The second-order valence-electron chi connectivity index (χ2n) is 7.63. The molecule has 5 heteroatoms.